The number of esters is 1. The molecule has 1 unspecified atom stereocenters. The molecule has 1 aliphatic carbocycles. The lowest BCUT2D eigenvalue weighted by Gasteiger charge is -2.29. The van der Waals surface area contributed by atoms with Crippen molar-refractivity contribution >= 4 is 5.97 Å². The van der Waals surface area contributed by atoms with Gasteiger partial charge in [-0.2, -0.15) is 0 Å². The summed E-state index contributed by atoms with van der Waals surface area (Å²) in [6.45, 7) is 3.73. The molecule has 3 heteroatoms. The number of hydrogen-bond acceptors (Lipinski definition) is 3. The number of carbonyl (C=O) groups excluding carboxylic acids is 1. The summed E-state index contributed by atoms with van der Waals surface area (Å²) in [6, 6.07) is 10.2. The Hall–Kier alpha value is -1.35. The van der Waals surface area contributed by atoms with Gasteiger partial charge in [0.1, 0.15) is 6.61 Å². The molecule has 3 nitrogen and oxygen atoms in total. The van der Waals surface area contributed by atoms with E-state index >= 15 is 0 Å². The second kappa shape index (κ2) is 8.49. The van der Waals surface area contributed by atoms with Crippen molar-refractivity contribution in [3.63, 3.8) is 0 Å². The number of hydrogen-bond donors (Lipinski definition) is 0. The summed E-state index contributed by atoms with van der Waals surface area (Å²) in [7, 11) is 0. The average molecular weight is 315 g/mol. The van der Waals surface area contributed by atoms with Crippen LogP contribution in [0.4, 0.5) is 0 Å². The predicted octanol–water partition coefficient (Wildman–Crippen LogP) is 3.99. The highest BCUT2D eigenvalue weighted by Gasteiger charge is 2.32. The second-order valence-electron chi connectivity index (χ2n) is 7.00. The first-order valence-corrected chi connectivity index (χ1v) is 9.28. The molecule has 1 aliphatic heterocycles. The number of rotatable bonds is 6. The highest BCUT2D eigenvalue weighted by Crippen LogP contribution is 2.36. The van der Waals surface area contributed by atoms with Crippen molar-refractivity contribution in [2.45, 2.75) is 50.9 Å². The van der Waals surface area contributed by atoms with Crippen LogP contribution in [0.25, 0.3) is 0 Å². The molecule has 0 aromatic heterocycles. The fourth-order valence-corrected chi connectivity index (χ4v) is 4.10. The van der Waals surface area contributed by atoms with Gasteiger partial charge in [0, 0.05) is 6.54 Å². The molecule has 1 saturated carbocycles. The third-order valence-corrected chi connectivity index (χ3v) is 5.38. The Kier molecular flexibility index (Phi) is 6.09. The maximum atomic E-state index is 12.8. The topological polar surface area (TPSA) is 29.5 Å². The van der Waals surface area contributed by atoms with Crippen LogP contribution in [0.1, 0.15) is 56.4 Å². The molecular weight excluding hydrogens is 286 g/mol. The molecule has 1 aromatic carbocycles. The Morgan fingerprint density at radius 2 is 1.74 bits per heavy atom. The molecule has 1 atom stereocenters. The lowest BCUT2D eigenvalue weighted by molar-refractivity contribution is -0.147. The van der Waals surface area contributed by atoms with E-state index in [0.29, 0.717) is 12.5 Å². The molecule has 1 heterocycles. The molecule has 1 aromatic rings. The average Bonchev–Trinajstić information content (AvgIpc) is 3.10. The summed E-state index contributed by atoms with van der Waals surface area (Å²) in [5.41, 5.74) is 1.13. The molecule has 2 fully saturated rings. The van der Waals surface area contributed by atoms with Crippen LogP contribution in [-0.2, 0) is 9.53 Å². The van der Waals surface area contributed by atoms with Gasteiger partial charge >= 0.3 is 5.97 Å². The lowest BCUT2D eigenvalue weighted by atomic mass is 9.77. The monoisotopic (exact) mass is 315 g/mol. The van der Waals surface area contributed by atoms with E-state index < -0.39 is 0 Å². The zero-order valence-corrected chi connectivity index (χ0v) is 14.1. The molecule has 1 saturated heterocycles. The van der Waals surface area contributed by atoms with Gasteiger partial charge in [0.25, 0.3) is 0 Å². The van der Waals surface area contributed by atoms with Gasteiger partial charge in [-0.3, -0.25) is 9.69 Å². The van der Waals surface area contributed by atoms with Crippen molar-refractivity contribution < 1.29 is 9.53 Å². The van der Waals surface area contributed by atoms with Crippen molar-refractivity contribution in [2.24, 2.45) is 5.92 Å². The van der Waals surface area contributed by atoms with Gasteiger partial charge in [0.05, 0.1) is 5.92 Å². The van der Waals surface area contributed by atoms with Gasteiger partial charge in [-0.15, -0.1) is 0 Å². The molecular formula is C20H29NO2. The largest absolute Gasteiger partial charge is 0.464 e. The summed E-state index contributed by atoms with van der Waals surface area (Å²) >= 11 is 0. The lowest BCUT2D eigenvalue weighted by Crippen LogP contribution is -2.29. The molecule has 0 amide bonds. The second-order valence-corrected chi connectivity index (χ2v) is 7.00. The van der Waals surface area contributed by atoms with Crippen LogP contribution >= 0.6 is 0 Å². The van der Waals surface area contributed by atoms with Crippen LogP contribution in [0.3, 0.4) is 0 Å². The molecule has 126 valence electrons. The summed E-state index contributed by atoms with van der Waals surface area (Å²) in [5.74, 6) is 0.364. The van der Waals surface area contributed by atoms with E-state index in [1.165, 1.54) is 32.1 Å². The van der Waals surface area contributed by atoms with E-state index in [4.69, 9.17) is 4.74 Å². The maximum Gasteiger partial charge on any atom is 0.313 e. The standard InChI is InChI=1S/C20H29NO2/c22-20(23-16-15-21-13-7-8-14-21)19(17-9-3-1-4-10-17)18-11-5-2-6-12-18/h1,3-4,9-10,18-19H,2,5-8,11-16H2. The molecule has 0 bridgehead atoms. The summed E-state index contributed by atoms with van der Waals surface area (Å²) in [4.78, 5) is 15.2. The van der Waals surface area contributed by atoms with E-state index in [1.54, 1.807) is 0 Å². The quantitative estimate of drug-likeness (QED) is 0.743. The normalized spacial score (nSPS) is 21.2. The predicted molar refractivity (Wildman–Crippen MR) is 92.4 cm³/mol. The number of carbonyl (C=O) groups is 1. The zero-order chi connectivity index (χ0) is 15.9. The Morgan fingerprint density at radius 3 is 2.43 bits per heavy atom. The molecule has 23 heavy (non-hydrogen) atoms. The van der Waals surface area contributed by atoms with Crippen LogP contribution < -0.4 is 0 Å². The molecule has 0 radical (unpaired) electrons. The molecule has 0 N–H and O–H groups in total. The van der Waals surface area contributed by atoms with E-state index in [1.807, 2.05) is 18.2 Å². The first-order valence-electron chi connectivity index (χ1n) is 9.28. The van der Waals surface area contributed by atoms with Crippen LogP contribution in [-0.4, -0.2) is 37.1 Å². The minimum atomic E-state index is -0.0740. The highest BCUT2D eigenvalue weighted by molar-refractivity contribution is 5.78. The zero-order valence-electron chi connectivity index (χ0n) is 14.1. The van der Waals surface area contributed by atoms with Gasteiger partial charge in [-0.25, -0.2) is 0 Å². The van der Waals surface area contributed by atoms with Gasteiger partial charge in [0.15, 0.2) is 0 Å². The van der Waals surface area contributed by atoms with E-state index in [0.717, 1.165) is 38.0 Å². The minimum absolute atomic E-state index is 0.0118. The van der Waals surface area contributed by atoms with Gasteiger partial charge in [-0.05, 0) is 50.3 Å². The fourth-order valence-electron chi connectivity index (χ4n) is 4.10. The van der Waals surface area contributed by atoms with Gasteiger partial charge in [-0.1, -0.05) is 49.6 Å². The first-order chi connectivity index (χ1) is 11.3. The first kappa shape index (κ1) is 16.5. The third-order valence-electron chi connectivity index (χ3n) is 5.38. The van der Waals surface area contributed by atoms with Crippen molar-refractivity contribution in [2.75, 3.05) is 26.2 Å². The minimum Gasteiger partial charge on any atom is -0.464 e. The summed E-state index contributed by atoms with van der Waals surface area (Å²) in [5, 5.41) is 0. The van der Waals surface area contributed by atoms with Crippen LogP contribution in [0, 0.1) is 5.92 Å². The van der Waals surface area contributed by atoms with Crippen LogP contribution in [0.5, 0.6) is 0 Å². The van der Waals surface area contributed by atoms with E-state index in [2.05, 4.69) is 17.0 Å². The highest BCUT2D eigenvalue weighted by atomic mass is 16.5. The third kappa shape index (κ3) is 4.57. The number of likely N-dealkylation sites (tertiary alicyclic amines) is 1. The van der Waals surface area contributed by atoms with E-state index in [9.17, 15) is 4.79 Å². The van der Waals surface area contributed by atoms with Crippen LogP contribution in [0.2, 0.25) is 0 Å². The Balaban J connectivity index is 1.60. The van der Waals surface area contributed by atoms with Crippen LogP contribution in [0.15, 0.2) is 30.3 Å². The van der Waals surface area contributed by atoms with Crippen molar-refractivity contribution in [3.8, 4) is 0 Å². The van der Waals surface area contributed by atoms with E-state index in [-0.39, 0.29) is 11.9 Å². The van der Waals surface area contributed by atoms with Gasteiger partial charge < -0.3 is 4.74 Å². The maximum absolute atomic E-state index is 12.8. The van der Waals surface area contributed by atoms with Crippen molar-refractivity contribution in [1.29, 1.82) is 0 Å². The summed E-state index contributed by atoms with van der Waals surface area (Å²) in [6.07, 6.45) is 8.67. The number of nitrogens with zero attached hydrogens (tertiary/aromatic N) is 1. The SMILES string of the molecule is O=C(OCCN1CCCC1)C(c1ccccc1)C1CCCCC1. The number of ether oxygens (including phenoxy) is 1. The number of benzene rings is 1. The molecule has 3 rings (SSSR count). The van der Waals surface area contributed by atoms with Crippen molar-refractivity contribution in [1.82, 2.24) is 4.90 Å². The van der Waals surface area contributed by atoms with Crippen molar-refractivity contribution in [3.05, 3.63) is 35.9 Å². The molecule has 0 spiro atoms. The van der Waals surface area contributed by atoms with Gasteiger partial charge in [0.2, 0.25) is 0 Å². The smallest absolute Gasteiger partial charge is 0.313 e. The Labute approximate surface area is 140 Å². The molecule has 2 aliphatic rings. The Morgan fingerprint density at radius 1 is 1.04 bits per heavy atom. The Bertz CT molecular complexity index is 476. The fraction of sp³-hybridized carbons (Fsp3) is 0.650. The summed E-state index contributed by atoms with van der Waals surface area (Å²) < 4.78 is 5.69.